The third-order valence-electron chi connectivity index (χ3n) is 4.98. The van der Waals surface area contributed by atoms with E-state index in [2.05, 4.69) is 0 Å². The van der Waals surface area contributed by atoms with Crippen molar-refractivity contribution in [2.24, 2.45) is 5.92 Å². The van der Waals surface area contributed by atoms with E-state index in [0.717, 1.165) is 0 Å². The van der Waals surface area contributed by atoms with Crippen molar-refractivity contribution in [3.63, 3.8) is 0 Å². The molecule has 0 saturated carbocycles. The smallest absolute Gasteiger partial charge is 0.261 e. The Morgan fingerprint density at radius 1 is 1.10 bits per heavy atom. The number of benzene rings is 2. The fourth-order valence-corrected chi connectivity index (χ4v) is 3.55. The maximum absolute atomic E-state index is 14.3. The lowest BCUT2D eigenvalue weighted by Crippen LogP contribution is -2.40. The number of carbonyl (C=O) groups excluding carboxylic acids is 1. The van der Waals surface area contributed by atoms with Crippen molar-refractivity contribution in [3.8, 4) is 0 Å². The lowest BCUT2D eigenvalue weighted by atomic mass is 10.1. The molecule has 1 unspecified atom stereocenters. The number of amides is 1. The second kappa shape index (κ2) is 8.55. The zero-order chi connectivity index (χ0) is 21.1. The summed E-state index contributed by atoms with van der Waals surface area (Å²) in [4.78, 5) is 32.5. The molecule has 1 amide bonds. The highest BCUT2D eigenvalue weighted by atomic mass is 19.1. The molecule has 5 nitrogen and oxygen atoms in total. The lowest BCUT2D eigenvalue weighted by molar-refractivity contribution is 0.0648. The van der Waals surface area contributed by atoms with E-state index in [0.29, 0.717) is 29.8 Å². The Balaban J connectivity index is 2.13. The quantitative estimate of drug-likeness (QED) is 0.621. The van der Waals surface area contributed by atoms with Crippen molar-refractivity contribution in [2.75, 3.05) is 6.54 Å². The Bertz CT molecular complexity index is 1090. The van der Waals surface area contributed by atoms with Gasteiger partial charge in [-0.3, -0.25) is 14.2 Å². The minimum absolute atomic E-state index is 0.0196. The number of hydrogen-bond acceptors (Lipinski definition) is 3. The Hall–Kier alpha value is -3.02. The van der Waals surface area contributed by atoms with Gasteiger partial charge in [0.15, 0.2) is 0 Å². The van der Waals surface area contributed by atoms with Crippen LogP contribution < -0.4 is 5.56 Å². The molecule has 0 saturated heterocycles. The van der Waals surface area contributed by atoms with Crippen LogP contribution in [-0.4, -0.2) is 26.9 Å². The van der Waals surface area contributed by atoms with Crippen molar-refractivity contribution in [2.45, 2.75) is 40.3 Å². The highest BCUT2D eigenvalue weighted by Gasteiger charge is 2.28. The normalized spacial score (nSPS) is 12.3. The number of aromatic nitrogens is 2. The van der Waals surface area contributed by atoms with Gasteiger partial charge in [-0.1, -0.05) is 38.1 Å². The second-order valence-corrected chi connectivity index (χ2v) is 7.54. The van der Waals surface area contributed by atoms with Crippen molar-refractivity contribution in [3.05, 3.63) is 76.1 Å². The number of carbonyl (C=O) groups is 1. The molecule has 0 bridgehead atoms. The molecule has 152 valence electrons. The van der Waals surface area contributed by atoms with E-state index in [9.17, 15) is 14.0 Å². The summed E-state index contributed by atoms with van der Waals surface area (Å²) in [6, 6.07) is 12.6. The molecule has 1 atom stereocenters. The topological polar surface area (TPSA) is 55.2 Å². The summed E-state index contributed by atoms with van der Waals surface area (Å²) in [6.45, 7) is 8.55. The minimum Gasteiger partial charge on any atom is -0.328 e. The van der Waals surface area contributed by atoms with Crippen molar-refractivity contribution < 1.29 is 9.18 Å². The fraction of sp³-hybridized carbons (Fsp3) is 0.348. The van der Waals surface area contributed by atoms with E-state index in [4.69, 9.17) is 4.98 Å². The van der Waals surface area contributed by atoms with Crippen LogP contribution in [0.2, 0.25) is 0 Å². The van der Waals surface area contributed by atoms with Gasteiger partial charge in [0.1, 0.15) is 11.6 Å². The molecule has 6 heteroatoms. The summed E-state index contributed by atoms with van der Waals surface area (Å²) in [7, 11) is 0. The first-order chi connectivity index (χ1) is 13.8. The molecular weight excluding hydrogens is 369 g/mol. The molecule has 0 radical (unpaired) electrons. The molecule has 3 aromatic rings. The first-order valence-electron chi connectivity index (χ1n) is 9.90. The van der Waals surface area contributed by atoms with E-state index >= 15 is 0 Å². The molecule has 0 aliphatic heterocycles. The maximum Gasteiger partial charge on any atom is 0.261 e. The summed E-state index contributed by atoms with van der Waals surface area (Å²) in [5, 5.41) is 0.543. The number of fused-ring (bicyclic) bond motifs is 1. The van der Waals surface area contributed by atoms with Crippen molar-refractivity contribution >= 4 is 16.8 Å². The van der Waals surface area contributed by atoms with Gasteiger partial charge >= 0.3 is 0 Å². The Morgan fingerprint density at radius 2 is 1.76 bits per heavy atom. The number of hydrogen-bond donors (Lipinski definition) is 0. The number of para-hydroxylation sites is 1. The molecule has 0 fully saturated rings. The monoisotopic (exact) mass is 395 g/mol. The Kier molecular flexibility index (Phi) is 6.11. The molecule has 0 spiro atoms. The first-order valence-corrected chi connectivity index (χ1v) is 9.90. The van der Waals surface area contributed by atoms with Crippen LogP contribution in [0, 0.1) is 11.7 Å². The highest BCUT2D eigenvalue weighted by Crippen LogP contribution is 2.24. The van der Waals surface area contributed by atoms with Gasteiger partial charge in [0.2, 0.25) is 0 Å². The van der Waals surface area contributed by atoms with Gasteiger partial charge in [0, 0.05) is 13.1 Å². The summed E-state index contributed by atoms with van der Waals surface area (Å²) in [6.07, 6.45) is 0. The lowest BCUT2D eigenvalue weighted by Gasteiger charge is -2.32. The van der Waals surface area contributed by atoms with Gasteiger partial charge in [-0.15, -0.1) is 0 Å². The highest BCUT2D eigenvalue weighted by molar-refractivity contribution is 5.94. The molecular formula is C23H26FN3O2. The molecule has 3 rings (SSSR count). The van der Waals surface area contributed by atoms with Crippen LogP contribution in [-0.2, 0) is 6.54 Å². The van der Waals surface area contributed by atoms with Crippen LogP contribution in [0.3, 0.4) is 0 Å². The molecule has 0 aliphatic carbocycles. The zero-order valence-corrected chi connectivity index (χ0v) is 17.2. The Morgan fingerprint density at radius 3 is 2.41 bits per heavy atom. The number of rotatable bonds is 6. The van der Waals surface area contributed by atoms with Crippen molar-refractivity contribution in [1.82, 2.24) is 14.5 Å². The van der Waals surface area contributed by atoms with E-state index in [1.165, 1.54) is 12.1 Å². The maximum atomic E-state index is 14.3. The van der Waals surface area contributed by atoms with Crippen LogP contribution >= 0.6 is 0 Å². The van der Waals surface area contributed by atoms with E-state index in [1.807, 2.05) is 33.8 Å². The second-order valence-electron chi connectivity index (χ2n) is 7.54. The molecule has 2 aromatic carbocycles. The summed E-state index contributed by atoms with van der Waals surface area (Å²) in [5.41, 5.74) is 0.473. The van der Waals surface area contributed by atoms with Crippen LogP contribution in [0.25, 0.3) is 10.9 Å². The minimum atomic E-state index is -0.558. The predicted molar refractivity (Wildman–Crippen MR) is 112 cm³/mol. The predicted octanol–water partition coefficient (Wildman–Crippen LogP) is 4.41. The Labute approximate surface area is 169 Å². The largest absolute Gasteiger partial charge is 0.328 e. The van der Waals surface area contributed by atoms with Crippen LogP contribution in [0.4, 0.5) is 4.39 Å². The summed E-state index contributed by atoms with van der Waals surface area (Å²) < 4.78 is 15.9. The molecule has 1 aromatic heterocycles. The third kappa shape index (κ3) is 4.06. The van der Waals surface area contributed by atoms with E-state index in [-0.39, 0.29) is 17.0 Å². The first kappa shape index (κ1) is 20.7. The van der Waals surface area contributed by atoms with Crippen molar-refractivity contribution in [1.29, 1.82) is 0 Å². The van der Waals surface area contributed by atoms with Gasteiger partial charge < -0.3 is 4.90 Å². The summed E-state index contributed by atoms with van der Waals surface area (Å²) in [5.74, 6) is -0.302. The number of halogens is 1. The van der Waals surface area contributed by atoms with Gasteiger partial charge in [0.05, 0.1) is 22.5 Å². The van der Waals surface area contributed by atoms with Gasteiger partial charge in [-0.05, 0) is 44.0 Å². The third-order valence-corrected chi connectivity index (χ3v) is 4.98. The molecule has 1 heterocycles. The fourth-order valence-electron chi connectivity index (χ4n) is 3.55. The molecule has 0 N–H and O–H groups in total. The standard InChI is InChI=1S/C23H26FN3O2/c1-5-26-21(25-20-13-9-7-11-18(20)23(26)29)16(4)27(14-15(2)3)22(28)17-10-6-8-12-19(17)24/h6-13,15-16H,5,14H2,1-4H3. The van der Waals surface area contributed by atoms with Gasteiger partial charge in [0.25, 0.3) is 11.5 Å². The molecule has 29 heavy (non-hydrogen) atoms. The SMILES string of the molecule is CCn1c(C(C)N(CC(C)C)C(=O)c2ccccc2F)nc2ccccc2c1=O. The van der Waals surface area contributed by atoms with Crippen LogP contribution in [0.5, 0.6) is 0 Å². The van der Waals surface area contributed by atoms with Gasteiger partial charge in [-0.2, -0.15) is 0 Å². The van der Waals surface area contributed by atoms with E-state index < -0.39 is 17.8 Å². The average molecular weight is 395 g/mol. The molecule has 0 aliphatic rings. The van der Waals surface area contributed by atoms with E-state index in [1.54, 1.807) is 39.8 Å². The zero-order valence-electron chi connectivity index (χ0n) is 17.2. The average Bonchev–Trinajstić information content (AvgIpc) is 2.71. The van der Waals surface area contributed by atoms with Crippen LogP contribution in [0.15, 0.2) is 53.3 Å². The number of nitrogens with zero attached hydrogens (tertiary/aromatic N) is 3. The van der Waals surface area contributed by atoms with Gasteiger partial charge in [-0.25, -0.2) is 9.37 Å². The summed E-state index contributed by atoms with van der Waals surface area (Å²) >= 11 is 0. The van der Waals surface area contributed by atoms with Crippen LogP contribution in [0.1, 0.15) is 49.9 Å².